The molecule has 0 saturated heterocycles. The van der Waals surface area contributed by atoms with Crippen molar-refractivity contribution in [3.63, 3.8) is 0 Å². The lowest BCUT2D eigenvalue weighted by molar-refractivity contribution is -0.121. The van der Waals surface area contributed by atoms with Gasteiger partial charge < -0.3 is 10.4 Å². The molecule has 0 spiro atoms. The number of carbonyl (C=O) groups excluding carboxylic acids is 1. The second kappa shape index (κ2) is 6.76. The first-order valence-electron chi connectivity index (χ1n) is 7.08. The summed E-state index contributed by atoms with van der Waals surface area (Å²) in [7, 11) is 0. The zero-order valence-electron chi connectivity index (χ0n) is 13.1. The molecule has 23 heavy (non-hydrogen) atoms. The topological polar surface area (TPSA) is 67.2 Å². The van der Waals surface area contributed by atoms with Crippen molar-refractivity contribution >= 4 is 17.2 Å². The van der Waals surface area contributed by atoms with E-state index < -0.39 is 12.2 Å². The Balaban J connectivity index is 2.01. The Morgan fingerprint density at radius 1 is 1.52 bits per heavy atom. The summed E-state index contributed by atoms with van der Waals surface area (Å²) in [6, 6.07) is 3.61. The maximum Gasteiger partial charge on any atom is 0.333 e. The molecule has 2 heterocycles. The van der Waals surface area contributed by atoms with Gasteiger partial charge in [-0.05, 0) is 32.2 Å². The van der Waals surface area contributed by atoms with Crippen molar-refractivity contribution in [1.82, 2.24) is 15.1 Å². The summed E-state index contributed by atoms with van der Waals surface area (Å²) < 4.78 is 26.2. The Bertz CT molecular complexity index is 681. The van der Waals surface area contributed by atoms with E-state index in [4.69, 9.17) is 0 Å². The molecular weight excluding hydrogens is 324 g/mol. The quantitative estimate of drug-likeness (QED) is 0.847. The van der Waals surface area contributed by atoms with Gasteiger partial charge in [-0.2, -0.15) is 13.9 Å². The summed E-state index contributed by atoms with van der Waals surface area (Å²) in [5.74, 6) is -0.346. The summed E-state index contributed by atoms with van der Waals surface area (Å²) in [6.07, 6.45) is -0.0507. The largest absolute Gasteiger partial charge is 0.383 e. The van der Waals surface area contributed by atoms with Crippen molar-refractivity contribution in [3.8, 4) is 0 Å². The number of alkyl halides is 2. The number of nitrogens with one attached hydrogen (secondary N) is 1. The predicted octanol–water partition coefficient (Wildman–Crippen LogP) is 2.52. The molecule has 5 nitrogen and oxygen atoms in total. The van der Waals surface area contributed by atoms with Gasteiger partial charge in [0, 0.05) is 16.1 Å². The molecule has 1 amide bonds. The van der Waals surface area contributed by atoms with Crippen LogP contribution < -0.4 is 5.32 Å². The van der Waals surface area contributed by atoms with Gasteiger partial charge in [0.15, 0.2) is 0 Å². The second-order valence-corrected chi connectivity index (χ2v) is 6.52. The fraction of sp³-hybridized carbons (Fsp3) is 0.467. The minimum absolute atomic E-state index is 0.0490. The van der Waals surface area contributed by atoms with Crippen LogP contribution in [-0.4, -0.2) is 27.3 Å². The number of nitrogens with zero attached hydrogens (tertiary/aromatic N) is 2. The van der Waals surface area contributed by atoms with E-state index in [1.54, 1.807) is 19.9 Å². The molecule has 0 aliphatic rings. The molecule has 2 aromatic rings. The molecule has 126 valence electrons. The highest BCUT2D eigenvalue weighted by Gasteiger charge is 2.25. The number of hydrogen-bond acceptors (Lipinski definition) is 4. The normalized spacial score (nSPS) is 14.0. The maximum absolute atomic E-state index is 12.8. The zero-order valence-corrected chi connectivity index (χ0v) is 14.0. The van der Waals surface area contributed by atoms with Crippen molar-refractivity contribution in [2.45, 2.75) is 39.3 Å². The van der Waals surface area contributed by atoms with Gasteiger partial charge in [0.05, 0.1) is 18.7 Å². The molecule has 0 aliphatic heterocycles. The van der Waals surface area contributed by atoms with Crippen LogP contribution in [0, 0.1) is 13.8 Å². The summed E-state index contributed by atoms with van der Waals surface area (Å²) in [4.78, 5) is 12.8. The third-order valence-corrected chi connectivity index (χ3v) is 4.80. The van der Waals surface area contributed by atoms with Gasteiger partial charge in [0.2, 0.25) is 5.91 Å². The molecular formula is C15H19F2N3O2S. The Hall–Kier alpha value is -1.80. The highest BCUT2D eigenvalue weighted by molar-refractivity contribution is 7.10. The number of aryl methyl sites for hydroxylation is 1. The molecule has 0 aliphatic carbocycles. The molecule has 1 atom stereocenters. The number of aliphatic hydroxyl groups is 1. The van der Waals surface area contributed by atoms with E-state index >= 15 is 0 Å². The van der Waals surface area contributed by atoms with E-state index in [1.165, 1.54) is 18.3 Å². The van der Waals surface area contributed by atoms with Crippen LogP contribution in [0.3, 0.4) is 0 Å². The van der Waals surface area contributed by atoms with Crippen LogP contribution in [0.5, 0.6) is 0 Å². The highest BCUT2D eigenvalue weighted by atomic mass is 32.1. The summed E-state index contributed by atoms with van der Waals surface area (Å²) >= 11 is 1.40. The van der Waals surface area contributed by atoms with Crippen molar-refractivity contribution < 1.29 is 18.7 Å². The minimum Gasteiger partial charge on any atom is -0.383 e. The van der Waals surface area contributed by atoms with Crippen LogP contribution in [0.15, 0.2) is 17.5 Å². The van der Waals surface area contributed by atoms with Crippen molar-refractivity contribution in [2.24, 2.45) is 0 Å². The number of thiophene rings is 1. The average Bonchev–Trinajstić information content (AvgIpc) is 3.09. The van der Waals surface area contributed by atoms with Crippen LogP contribution in [0.1, 0.15) is 35.3 Å². The molecule has 2 N–H and O–H groups in total. The first-order valence-corrected chi connectivity index (χ1v) is 7.96. The van der Waals surface area contributed by atoms with Crippen molar-refractivity contribution in [2.75, 3.05) is 6.54 Å². The van der Waals surface area contributed by atoms with Crippen LogP contribution in [0.25, 0.3) is 0 Å². The fourth-order valence-electron chi connectivity index (χ4n) is 2.31. The smallest absolute Gasteiger partial charge is 0.333 e. The first kappa shape index (κ1) is 17.6. The molecule has 0 aromatic carbocycles. The Kier molecular flexibility index (Phi) is 5.16. The van der Waals surface area contributed by atoms with E-state index in [0.29, 0.717) is 15.9 Å². The lowest BCUT2D eigenvalue weighted by atomic mass is 10.0. The molecule has 1 unspecified atom stereocenters. The third kappa shape index (κ3) is 3.94. The molecule has 2 aromatic heterocycles. The number of hydrogen-bond donors (Lipinski definition) is 2. The summed E-state index contributed by atoms with van der Waals surface area (Å²) in [6.45, 7) is 2.04. The van der Waals surface area contributed by atoms with Crippen molar-refractivity contribution in [3.05, 3.63) is 39.3 Å². The highest BCUT2D eigenvalue weighted by Crippen LogP contribution is 2.24. The van der Waals surface area contributed by atoms with Gasteiger partial charge in [0.1, 0.15) is 5.60 Å². The number of halogens is 2. The van der Waals surface area contributed by atoms with Gasteiger partial charge in [-0.15, -0.1) is 11.3 Å². The van der Waals surface area contributed by atoms with Crippen LogP contribution >= 0.6 is 11.3 Å². The van der Waals surface area contributed by atoms with Gasteiger partial charge in [-0.3, -0.25) is 4.79 Å². The maximum atomic E-state index is 12.8. The standard InChI is InChI=1S/C15H19F2N3O2S/c1-9-11(10(2)20(19-9)14(16)17)7-13(21)18-8-15(3,22)12-5-4-6-23-12/h4-6,14,22H,7-8H2,1-3H3,(H,18,21). The summed E-state index contributed by atoms with van der Waals surface area (Å²) in [5.41, 5.74) is 0.000321. The van der Waals surface area contributed by atoms with Crippen molar-refractivity contribution in [1.29, 1.82) is 0 Å². The molecule has 0 fully saturated rings. The van der Waals surface area contributed by atoms with E-state index in [-0.39, 0.29) is 24.6 Å². The van der Waals surface area contributed by atoms with E-state index in [0.717, 1.165) is 4.88 Å². The first-order chi connectivity index (χ1) is 10.7. The number of aromatic nitrogens is 2. The number of amides is 1. The van der Waals surface area contributed by atoms with Gasteiger partial charge in [-0.1, -0.05) is 6.07 Å². The third-order valence-electron chi connectivity index (χ3n) is 3.68. The lowest BCUT2D eigenvalue weighted by Crippen LogP contribution is -2.38. The lowest BCUT2D eigenvalue weighted by Gasteiger charge is -2.22. The second-order valence-electron chi connectivity index (χ2n) is 5.58. The molecule has 8 heteroatoms. The summed E-state index contributed by atoms with van der Waals surface area (Å²) in [5, 5.41) is 18.6. The van der Waals surface area contributed by atoms with Gasteiger partial charge in [0.25, 0.3) is 0 Å². The average molecular weight is 343 g/mol. The minimum atomic E-state index is -2.73. The fourth-order valence-corrected chi connectivity index (χ4v) is 3.10. The van der Waals surface area contributed by atoms with Crippen LogP contribution in [-0.2, 0) is 16.8 Å². The molecule has 0 saturated carbocycles. The van der Waals surface area contributed by atoms with E-state index in [9.17, 15) is 18.7 Å². The van der Waals surface area contributed by atoms with Crippen LogP contribution in [0.2, 0.25) is 0 Å². The molecule has 0 bridgehead atoms. The van der Waals surface area contributed by atoms with E-state index in [2.05, 4.69) is 10.4 Å². The predicted molar refractivity (Wildman–Crippen MR) is 83.6 cm³/mol. The SMILES string of the molecule is Cc1nn(C(F)F)c(C)c1CC(=O)NCC(C)(O)c1cccs1. The van der Waals surface area contributed by atoms with Gasteiger partial charge in [-0.25, -0.2) is 4.68 Å². The Morgan fingerprint density at radius 3 is 2.74 bits per heavy atom. The van der Waals surface area contributed by atoms with Crippen LogP contribution in [0.4, 0.5) is 8.78 Å². The molecule has 2 rings (SSSR count). The zero-order chi connectivity index (χ0) is 17.2. The number of carbonyl (C=O) groups is 1. The monoisotopic (exact) mass is 343 g/mol. The van der Waals surface area contributed by atoms with E-state index in [1.807, 2.05) is 11.4 Å². The Labute approximate surface area is 136 Å². The molecule has 0 radical (unpaired) electrons. The Morgan fingerprint density at radius 2 is 2.22 bits per heavy atom. The number of rotatable bonds is 6. The van der Waals surface area contributed by atoms with Gasteiger partial charge >= 0.3 is 6.55 Å².